The highest BCUT2D eigenvalue weighted by Gasteiger charge is 2.48. The average Bonchev–Trinajstić information content (AvgIpc) is 2.36. The first-order valence-electron chi connectivity index (χ1n) is 5.22. The van der Waals surface area contributed by atoms with Crippen LogP contribution in [0.4, 0.5) is 13.2 Å². The highest BCUT2D eigenvalue weighted by atomic mass is 32.2. The van der Waals surface area contributed by atoms with E-state index in [9.17, 15) is 31.5 Å². The van der Waals surface area contributed by atoms with E-state index in [4.69, 9.17) is 0 Å². The van der Waals surface area contributed by atoms with Crippen molar-refractivity contribution in [2.45, 2.75) is 5.51 Å². The molecule has 0 radical (unpaired) electrons. The van der Waals surface area contributed by atoms with Gasteiger partial charge in [0.15, 0.2) is 5.75 Å². The van der Waals surface area contributed by atoms with Gasteiger partial charge in [0.1, 0.15) is 0 Å². The van der Waals surface area contributed by atoms with Gasteiger partial charge < -0.3 is 14.1 Å². The molecule has 0 unspecified atom stereocenters. The normalized spacial score (nSPS) is 12.3. The second-order valence-electron chi connectivity index (χ2n) is 3.84. The van der Waals surface area contributed by atoms with Gasteiger partial charge in [0.2, 0.25) is 0 Å². The fraction of sp³-hybridized carbons (Fsp3) is 0.0909. The van der Waals surface area contributed by atoms with Crippen LogP contribution < -0.4 is 9.29 Å². The van der Waals surface area contributed by atoms with Crippen molar-refractivity contribution in [3.05, 3.63) is 36.2 Å². The first-order chi connectivity index (χ1) is 9.62. The summed E-state index contributed by atoms with van der Waals surface area (Å²) in [7, 11) is -5.88. The Morgan fingerprint density at radius 2 is 1.90 bits per heavy atom. The van der Waals surface area contributed by atoms with Gasteiger partial charge in [0, 0.05) is 17.0 Å². The highest BCUT2D eigenvalue weighted by molar-refractivity contribution is 7.88. The van der Waals surface area contributed by atoms with Crippen molar-refractivity contribution in [3.63, 3.8) is 0 Å². The minimum absolute atomic E-state index is 0.153. The smallest absolute Gasteiger partial charge is 0.534 e. The topological polar surface area (TPSA) is 96.4 Å². The van der Waals surface area contributed by atoms with Gasteiger partial charge in [-0.3, -0.25) is 4.98 Å². The van der Waals surface area contributed by atoms with Crippen LogP contribution >= 0.6 is 0 Å². The van der Waals surface area contributed by atoms with Gasteiger partial charge in [-0.05, 0) is 11.6 Å². The molecule has 0 bridgehead atoms. The second kappa shape index (κ2) is 4.88. The van der Waals surface area contributed by atoms with Gasteiger partial charge in [0.05, 0.1) is 12.2 Å². The molecule has 0 saturated carbocycles. The van der Waals surface area contributed by atoms with Gasteiger partial charge in [-0.1, -0.05) is 12.1 Å². The number of hydrogen-bond acceptors (Lipinski definition) is 6. The van der Waals surface area contributed by atoms with Gasteiger partial charge >= 0.3 is 15.6 Å². The number of aromatic carboxylic acids is 1. The lowest BCUT2D eigenvalue weighted by Crippen LogP contribution is -2.28. The van der Waals surface area contributed by atoms with Crippen molar-refractivity contribution in [1.82, 2.24) is 4.98 Å². The molecule has 0 aliphatic heterocycles. The fourth-order valence-electron chi connectivity index (χ4n) is 1.50. The Morgan fingerprint density at radius 3 is 2.48 bits per heavy atom. The number of fused-ring (bicyclic) bond motifs is 1. The zero-order valence-electron chi connectivity index (χ0n) is 9.92. The van der Waals surface area contributed by atoms with Crippen LogP contribution in [0.2, 0.25) is 0 Å². The molecule has 1 aromatic carbocycles. The molecule has 0 atom stereocenters. The van der Waals surface area contributed by atoms with Gasteiger partial charge in [-0.2, -0.15) is 21.6 Å². The predicted octanol–water partition coefficient (Wildman–Crippen LogP) is 0.827. The standard InChI is InChI=1S/C11H6F3NO5S/c12-11(13,14)21(18,19)20-9-5-15-4-7-2-1-6(10(16)17)3-8(7)9/h1-5H,(H,16,17)/p-1. The molecule has 112 valence electrons. The van der Waals surface area contributed by atoms with Crippen LogP contribution in [0.1, 0.15) is 10.4 Å². The van der Waals surface area contributed by atoms with E-state index in [-0.39, 0.29) is 16.3 Å². The molecule has 21 heavy (non-hydrogen) atoms. The summed E-state index contributed by atoms with van der Waals surface area (Å²) < 4.78 is 62.8. The molecule has 1 aromatic heterocycles. The maximum atomic E-state index is 12.3. The van der Waals surface area contributed by atoms with Crippen LogP contribution in [0.3, 0.4) is 0 Å². The third-order valence-corrected chi connectivity index (χ3v) is 3.41. The second-order valence-corrected chi connectivity index (χ2v) is 5.38. The third-order valence-electron chi connectivity index (χ3n) is 2.44. The number of hydrogen-bond donors (Lipinski definition) is 0. The van der Waals surface area contributed by atoms with Crippen LogP contribution in [0, 0.1) is 0 Å². The Balaban J connectivity index is 2.59. The predicted molar refractivity (Wildman–Crippen MR) is 61.7 cm³/mol. The lowest BCUT2D eigenvalue weighted by Gasteiger charge is -2.12. The molecule has 0 saturated heterocycles. The molecule has 1 heterocycles. The lowest BCUT2D eigenvalue weighted by molar-refractivity contribution is -0.255. The molecule has 0 fully saturated rings. The number of pyridine rings is 1. The molecule has 2 aromatic rings. The quantitative estimate of drug-likeness (QED) is 0.614. The van der Waals surface area contributed by atoms with Crippen molar-refractivity contribution in [1.29, 1.82) is 0 Å². The Labute approximate surface area is 115 Å². The molecule has 0 aliphatic rings. The number of carbonyl (C=O) groups excluding carboxylic acids is 1. The molecular formula is C11H5F3NO5S-. The average molecular weight is 320 g/mol. The maximum absolute atomic E-state index is 12.3. The highest BCUT2D eigenvalue weighted by Crippen LogP contribution is 2.31. The molecular weight excluding hydrogens is 315 g/mol. The summed E-state index contributed by atoms with van der Waals surface area (Å²) in [6.45, 7) is 0. The summed E-state index contributed by atoms with van der Waals surface area (Å²) in [6.07, 6.45) is 1.95. The maximum Gasteiger partial charge on any atom is 0.534 e. The number of nitrogens with zero attached hydrogens (tertiary/aromatic N) is 1. The minimum atomic E-state index is -5.88. The number of carbonyl (C=O) groups is 1. The van der Waals surface area contributed by atoms with Gasteiger partial charge in [0.25, 0.3) is 0 Å². The number of benzene rings is 1. The summed E-state index contributed by atoms with van der Waals surface area (Å²) in [5.74, 6) is -2.30. The largest absolute Gasteiger partial charge is 0.545 e. The van der Waals surface area contributed by atoms with Crippen molar-refractivity contribution in [2.24, 2.45) is 0 Å². The lowest BCUT2D eigenvalue weighted by atomic mass is 10.1. The van der Waals surface area contributed by atoms with E-state index in [0.29, 0.717) is 0 Å². The minimum Gasteiger partial charge on any atom is -0.545 e. The van der Waals surface area contributed by atoms with Crippen molar-refractivity contribution in [2.75, 3.05) is 0 Å². The van der Waals surface area contributed by atoms with Crippen LogP contribution in [0.5, 0.6) is 5.75 Å². The summed E-state index contributed by atoms with van der Waals surface area (Å²) in [4.78, 5) is 14.3. The Hall–Kier alpha value is -2.36. The van der Waals surface area contributed by atoms with Crippen LogP contribution in [-0.4, -0.2) is 24.9 Å². The Bertz CT molecular complexity index is 816. The first kappa shape index (κ1) is 15.0. The SMILES string of the molecule is O=C([O-])c1ccc2cncc(OS(=O)(=O)C(F)(F)F)c2c1. The van der Waals surface area contributed by atoms with Gasteiger partial charge in [-0.15, -0.1) is 0 Å². The van der Waals surface area contributed by atoms with E-state index in [1.54, 1.807) is 0 Å². The first-order valence-corrected chi connectivity index (χ1v) is 6.62. The monoisotopic (exact) mass is 320 g/mol. The van der Waals surface area contributed by atoms with Gasteiger partial charge in [-0.25, -0.2) is 0 Å². The number of carboxylic acid groups (broad SMARTS) is 1. The van der Waals surface area contributed by atoms with E-state index in [0.717, 1.165) is 18.3 Å². The van der Waals surface area contributed by atoms with E-state index < -0.39 is 27.3 Å². The summed E-state index contributed by atoms with van der Waals surface area (Å²) in [5.41, 5.74) is -5.95. The summed E-state index contributed by atoms with van der Waals surface area (Å²) >= 11 is 0. The van der Waals surface area contributed by atoms with Crippen molar-refractivity contribution >= 4 is 26.9 Å². The van der Waals surface area contributed by atoms with E-state index >= 15 is 0 Å². The van der Waals surface area contributed by atoms with Crippen LogP contribution in [0.15, 0.2) is 30.6 Å². The number of rotatable bonds is 3. The molecule has 0 spiro atoms. The van der Waals surface area contributed by atoms with E-state index in [2.05, 4.69) is 9.17 Å². The van der Waals surface area contributed by atoms with Crippen molar-refractivity contribution < 1.29 is 35.7 Å². The summed E-state index contributed by atoms with van der Waals surface area (Å²) in [6, 6.07) is 3.31. The molecule has 0 N–H and O–H groups in total. The van der Waals surface area contributed by atoms with Crippen molar-refractivity contribution in [3.8, 4) is 5.75 Å². The number of carboxylic acids is 1. The molecule has 10 heteroatoms. The van der Waals surface area contributed by atoms with E-state index in [1.165, 1.54) is 12.3 Å². The molecule has 0 aliphatic carbocycles. The summed E-state index contributed by atoms with van der Waals surface area (Å²) in [5, 5.41) is 10.8. The molecule has 6 nitrogen and oxygen atoms in total. The molecule has 0 amide bonds. The Kier molecular flexibility index (Phi) is 3.49. The number of aromatic nitrogens is 1. The zero-order chi connectivity index (χ0) is 15.8. The number of halogens is 3. The van der Waals surface area contributed by atoms with Crippen LogP contribution in [0.25, 0.3) is 10.8 Å². The van der Waals surface area contributed by atoms with E-state index in [1.807, 2.05) is 0 Å². The van der Waals surface area contributed by atoms with Crippen LogP contribution in [-0.2, 0) is 10.1 Å². The zero-order valence-corrected chi connectivity index (χ0v) is 10.7. The third kappa shape index (κ3) is 2.89. The number of alkyl halides is 3. The molecule has 2 rings (SSSR count). The fourth-order valence-corrected chi connectivity index (χ4v) is 1.96. The Morgan fingerprint density at radius 1 is 1.24 bits per heavy atom.